The van der Waals surface area contributed by atoms with Crippen LogP contribution in [0.3, 0.4) is 0 Å². The Balaban J connectivity index is 1.58. The number of nitriles is 1. The van der Waals surface area contributed by atoms with Crippen molar-refractivity contribution in [2.24, 2.45) is 5.14 Å². The van der Waals surface area contributed by atoms with Crippen molar-refractivity contribution < 1.29 is 22.0 Å². The zero-order valence-corrected chi connectivity index (χ0v) is 22.2. The van der Waals surface area contributed by atoms with Crippen molar-refractivity contribution in [1.29, 1.82) is 5.26 Å². The molecular weight excluding hydrogens is 552 g/mol. The maximum Gasteiger partial charge on any atom is 0.273 e. The van der Waals surface area contributed by atoms with Gasteiger partial charge in [-0.1, -0.05) is 18.2 Å². The monoisotopic (exact) mass is 572 g/mol. The standard InChI is InChI=1S/C28H20N4O6S2/c29-16-23(26(33)31-17-21-7-4-14-37-21)28-32(19-5-2-1-3-6-19)27(34)25(39-28)15-20-10-13-24(38-20)18-8-11-22(12-9-18)40(30,35)36/h1-15H,17H2,(H,31,33)(H2,30,35,36). The SMILES string of the molecule is N#CC(C(=O)NCc1ccco1)=c1sc(=Cc2ccc(-c3ccc(S(N)(=O)=O)cc3)o2)c(=O)n1-c1ccccc1. The molecular formula is C28H20N4O6S2. The molecule has 3 N–H and O–H groups in total. The number of primary sulfonamides is 1. The van der Waals surface area contributed by atoms with Crippen molar-refractivity contribution in [2.45, 2.75) is 11.4 Å². The fourth-order valence-electron chi connectivity index (χ4n) is 3.85. The quantitative estimate of drug-likeness (QED) is 0.302. The summed E-state index contributed by atoms with van der Waals surface area (Å²) >= 11 is 0.980. The van der Waals surface area contributed by atoms with Gasteiger partial charge >= 0.3 is 0 Å². The van der Waals surface area contributed by atoms with Crippen LogP contribution in [0.2, 0.25) is 0 Å². The summed E-state index contributed by atoms with van der Waals surface area (Å²) < 4.78 is 35.9. The van der Waals surface area contributed by atoms with Crippen LogP contribution in [0, 0.1) is 11.3 Å². The van der Waals surface area contributed by atoms with E-state index in [1.165, 1.54) is 29.0 Å². The van der Waals surface area contributed by atoms with Crippen LogP contribution in [0.4, 0.5) is 0 Å². The Bertz CT molecular complexity index is 2010. The van der Waals surface area contributed by atoms with Gasteiger partial charge in [-0.3, -0.25) is 14.2 Å². The second-order valence-electron chi connectivity index (χ2n) is 8.41. The predicted molar refractivity (Wildman–Crippen MR) is 148 cm³/mol. The van der Waals surface area contributed by atoms with Gasteiger partial charge in [-0.2, -0.15) is 5.26 Å². The number of nitrogens with one attached hydrogen (secondary N) is 1. The molecule has 0 spiro atoms. The van der Waals surface area contributed by atoms with Gasteiger partial charge in [0.1, 0.15) is 28.0 Å². The van der Waals surface area contributed by atoms with Gasteiger partial charge in [0.15, 0.2) is 5.57 Å². The summed E-state index contributed by atoms with van der Waals surface area (Å²) in [6.45, 7) is 0.0737. The van der Waals surface area contributed by atoms with Crippen LogP contribution in [0.15, 0.2) is 104 Å². The highest BCUT2D eigenvalue weighted by molar-refractivity contribution is 7.89. The molecule has 0 atom stereocenters. The largest absolute Gasteiger partial charge is 0.467 e. The third-order valence-corrected chi connectivity index (χ3v) is 7.78. The van der Waals surface area contributed by atoms with Crippen LogP contribution in [0.25, 0.3) is 28.7 Å². The third kappa shape index (κ3) is 5.57. The fraction of sp³-hybridized carbons (Fsp3) is 0.0357. The lowest BCUT2D eigenvalue weighted by Crippen LogP contribution is -2.33. The summed E-state index contributed by atoms with van der Waals surface area (Å²) in [5.41, 5.74) is 0.425. The Morgan fingerprint density at radius 1 is 1.05 bits per heavy atom. The molecule has 0 unspecified atom stereocenters. The number of hydrogen-bond donors (Lipinski definition) is 2. The first-order chi connectivity index (χ1) is 19.2. The second-order valence-corrected chi connectivity index (χ2v) is 11.0. The van der Waals surface area contributed by atoms with Crippen LogP contribution < -0.4 is 25.2 Å². The zero-order valence-electron chi connectivity index (χ0n) is 20.6. The highest BCUT2D eigenvalue weighted by Crippen LogP contribution is 2.23. The van der Waals surface area contributed by atoms with Crippen molar-refractivity contribution in [3.8, 4) is 23.1 Å². The Morgan fingerprint density at radius 2 is 1.80 bits per heavy atom. The van der Waals surface area contributed by atoms with E-state index in [1.54, 1.807) is 66.7 Å². The lowest BCUT2D eigenvalue weighted by atomic mass is 10.2. The van der Waals surface area contributed by atoms with Gasteiger partial charge in [0.2, 0.25) is 10.0 Å². The number of aromatic nitrogens is 1. The number of nitrogens with two attached hydrogens (primary N) is 1. The Labute approximate surface area is 231 Å². The van der Waals surface area contributed by atoms with Crippen LogP contribution in [0.5, 0.6) is 0 Å². The number of rotatable bonds is 7. The van der Waals surface area contributed by atoms with Gasteiger partial charge in [0.25, 0.3) is 11.5 Å². The average Bonchev–Trinajstić information content (AvgIpc) is 3.70. The molecule has 10 nitrogen and oxygen atoms in total. The minimum atomic E-state index is -3.83. The maximum atomic E-state index is 13.6. The number of benzene rings is 2. The number of carbonyl (C=O) groups excluding carboxylic acids is 1. The Morgan fingerprint density at radius 3 is 2.45 bits per heavy atom. The first-order valence-electron chi connectivity index (χ1n) is 11.7. The van der Waals surface area contributed by atoms with Crippen molar-refractivity contribution in [3.05, 3.63) is 116 Å². The third-order valence-electron chi connectivity index (χ3n) is 5.76. The molecule has 0 radical (unpaired) electrons. The summed E-state index contributed by atoms with van der Waals surface area (Å²) in [5, 5.41) is 17.7. The van der Waals surface area contributed by atoms with Gasteiger partial charge in [-0.05, 0) is 60.7 Å². The lowest BCUT2D eigenvalue weighted by molar-refractivity contribution is -0.115. The van der Waals surface area contributed by atoms with E-state index in [1.807, 2.05) is 6.07 Å². The zero-order chi connectivity index (χ0) is 28.3. The van der Waals surface area contributed by atoms with E-state index >= 15 is 0 Å². The first-order valence-corrected chi connectivity index (χ1v) is 14.1. The number of furan rings is 2. The number of para-hydroxylation sites is 1. The van der Waals surface area contributed by atoms with E-state index in [4.69, 9.17) is 14.0 Å². The molecule has 200 valence electrons. The number of amides is 1. The summed E-state index contributed by atoms with van der Waals surface area (Å²) in [4.78, 5) is 26.5. The molecule has 12 heteroatoms. The van der Waals surface area contributed by atoms with Gasteiger partial charge in [-0.25, -0.2) is 13.6 Å². The number of thiazole rings is 1. The summed E-state index contributed by atoms with van der Waals surface area (Å²) in [7, 11) is -3.83. The number of hydrogen-bond acceptors (Lipinski definition) is 8. The summed E-state index contributed by atoms with van der Waals surface area (Å²) in [5.74, 6) is 0.643. The van der Waals surface area contributed by atoms with Crippen LogP contribution in [0.1, 0.15) is 11.5 Å². The predicted octanol–water partition coefficient (Wildman–Crippen LogP) is 2.22. The molecule has 0 saturated heterocycles. The molecule has 0 fully saturated rings. The minimum absolute atomic E-state index is 0.0279. The van der Waals surface area contributed by atoms with Crippen LogP contribution >= 0.6 is 11.3 Å². The van der Waals surface area contributed by atoms with Crippen molar-refractivity contribution in [3.63, 3.8) is 0 Å². The average molecular weight is 573 g/mol. The van der Waals surface area contributed by atoms with Crippen molar-refractivity contribution in [1.82, 2.24) is 9.88 Å². The Kier molecular flexibility index (Phi) is 7.35. The smallest absolute Gasteiger partial charge is 0.273 e. The molecule has 0 aliphatic heterocycles. The van der Waals surface area contributed by atoms with E-state index < -0.39 is 21.5 Å². The lowest BCUT2D eigenvalue weighted by Gasteiger charge is -2.04. The molecule has 5 rings (SSSR count). The molecule has 0 aliphatic carbocycles. The van der Waals surface area contributed by atoms with E-state index in [2.05, 4.69) is 5.32 Å². The van der Waals surface area contributed by atoms with Gasteiger partial charge < -0.3 is 14.2 Å². The molecule has 5 aromatic rings. The molecule has 2 aromatic carbocycles. The second kappa shape index (κ2) is 11.0. The molecule has 1 amide bonds. The minimum Gasteiger partial charge on any atom is -0.467 e. The van der Waals surface area contributed by atoms with E-state index in [-0.39, 0.29) is 26.2 Å². The maximum absolute atomic E-state index is 13.6. The number of sulfonamides is 1. The molecule has 3 aromatic heterocycles. The van der Waals surface area contributed by atoms with Crippen molar-refractivity contribution in [2.75, 3.05) is 0 Å². The first kappa shape index (κ1) is 26.6. The highest BCUT2D eigenvalue weighted by atomic mass is 32.2. The van der Waals surface area contributed by atoms with Gasteiger partial charge in [0.05, 0.1) is 27.9 Å². The van der Waals surface area contributed by atoms with Crippen molar-refractivity contribution >= 4 is 38.9 Å². The number of nitrogens with zero attached hydrogens (tertiary/aromatic N) is 2. The van der Waals surface area contributed by atoms with E-state index in [0.717, 1.165) is 11.3 Å². The van der Waals surface area contributed by atoms with Gasteiger partial charge in [0, 0.05) is 11.6 Å². The molecule has 0 aliphatic rings. The van der Waals surface area contributed by atoms with E-state index in [0.29, 0.717) is 28.5 Å². The molecule has 3 heterocycles. The van der Waals surface area contributed by atoms with Gasteiger partial charge in [-0.15, -0.1) is 11.3 Å². The molecule has 0 bridgehead atoms. The van der Waals surface area contributed by atoms with Crippen LogP contribution in [-0.4, -0.2) is 18.9 Å². The topological polar surface area (TPSA) is 161 Å². The van der Waals surface area contributed by atoms with Crippen LogP contribution in [-0.2, 0) is 21.4 Å². The van der Waals surface area contributed by atoms with E-state index in [9.17, 15) is 23.3 Å². The Hall–Kier alpha value is -4.96. The number of carbonyl (C=O) groups is 1. The molecule has 40 heavy (non-hydrogen) atoms. The normalized spacial score (nSPS) is 12.7. The summed E-state index contributed by atoms with van der Waals surface area (Å²) in [6, 6.07) is 23.2. The summed E-state index contributed by atoms with van der Waals surface area (Å²) in [6.07, 6.45) is 3.00. The fourth-order valence-corrected chi connectivity index (χ4v) is 5.45. The highest BCUT2D eigenvalue weighted by Gasteiger charge is 2.17. The molecule has 0 saturated carbocycles.